The zero-order valence-electron chi connectivity index (χ0n) is 8.62. The lowest BCUT2D eigenvalue weighted by atomic mass is 10.0. The van der Waals surface area contributed by atoms with Crippen LogP contribution < -0.4 is 5.32 Å². The number of hydrogen-bond donors (Lipinski definition) is 2. The summed E-state index contributed by atoms with van der Waals surface area (Å²) in [6, 6.07) is 2.10. The van der Waals surface area contributed by atoms with E-state index >= 15 is 0 Å². The van der Waals surface area contributed by atoms with Crippen LogP contribution in [0.25, 0.3) is 0 Å². The molecular weight excluding hydrogens is 176 g/mol. The molecule has 2 N–H and O–H groups in total. The van der Waals surface area contributed by atoms with Crippen molar-refractivity contribution in [1.29, 1.82) is 0 Å². The van der Waals surface area contributed by atoms with Gasteiger partial charge in [0.25, 0.3) is 0 Å². The first kappa shape index (κ1) is 9.74. The number of H-pyrrole nitrogens is 1. The second-order valence-corrected chi connectivity index (χ2v) is 3.97. The molecule has 78 valence electrons. The molecule has 2 unspecified atom stereocenters. The van der Waals surface area contributed by atoms with Gasteiger partial charge < -0.3 is 15.0 Å². The molecule has 1 aliphatic heterocycles. The molecule has 1 saturated heterocycles. The molecule has 0 amide bonds. The Morgan fingerprint density at radius 3 is 3.21 bits per heavy atom. The zero-order valence-corrected chi connectivity index (χ0v) is 8.62. The van der Waals surface area contributed by atoms with Gasteiger partial charge in [-0.1, -0.05) is 0 Å². The molecule has 0 saturated carbocycles. The van der Waals surface area contributed by atoms with Gasteiger partial charge in [-0.25, -0.2) is 0 Å². The monoisotopic (exact) mass is 194 g/mol. The highest BCUT2D eigenvalue weighted by Crippen LogP contribution is 2.19. The fourth-order valence-corrected chi connectivity index (χ4v) is 1.91. The smallest absolute Gasteiger partial charge is 0.0588 e. The minimum Gasteiger partial charge on any atom is -0.378 e. The van der Waals surface area contributed by atoms with Gasteiger partial charge in [-0.05, 0) is 30.9 Å². The number of hydrogen-bond acceptors (Lipinski definition) is 2. The minimum absolute atomic E-state index is 0.425. The van der Waals surface area contributed by atoms with Crippen molar-refractivity contribution in [3.63, 3.8) is 0 Å². The highest BCUT2D eigenvalue weighted by Gasteiger charge is 2.23. The zero-order chi connectivity index (χ0) is 9.80. The molecule has 3 nitrogen and oxygen atoms in total. The Labute approximate surface area is 84.9 Å². The van der Waals surface area contributed by atoms with Gasteiger partial charge in [-0.3, -0.25) is 0 Å². The summed E-state index contributed by atoms with van der Waals surface area (Å²) in [5.74, 6) is 0.689. The predicted octanol–water partition coefficient (Wildman–Crippen LogP) is 1.53. The topological polar surface area (TPSA) is 37.0 Å². The minimum atomic E-state index is 0.425. The van der Waals surface area contributed by atoms with Gasteiger partial charge in [-0.2, -0.15) is 0 Å². The Bertz CT molecular complexity index is 258. The first-order chi connectivity index (χ1) is 6.86. The highest BCUT2D eigenvalue weighted by molar-refractivity contribution is 5.07. The van der Waals surface area contributed by atoms with Crippen LogP contribution in [0.5, 0.6) is 0 Å². The second-order valence-electron chi connectivity index (χ2n) is 3.97. The first-order valence-electron chi connectivity index (χ1n) is 5.30. The summed E-state index contributed by atoms with van der Waals surface area (Å²) in [7, 11) is 0. The van der Waals surface area contributed by atoms with Crippen molar-refractivity contribution >= 4 is 0 Å². The van der Waals surface area contributed by atoms with Gasteiger partial charge in [0.15, 0.2) is 0 Å². The Hall–Kier alpha value is -0.800. The fourth-order valence-electron chi connectivity index (χ4n) is 1.91. The van der Waals surface area contributed by atoms with Crippen LogP contribution >= 0.6 is 0 Å². The van der Waals surface area contributed by atoms with E-state index < -0.39 is 0 Å². The highest BCUT2D eigenvalue weighted by atomic mass is 16.5. The van der Waals surface area contributed by atoms with E-state index in [9.17, 15) is 0 Å². The lowest BCUT2D eigenvalue weighted by Crippen LogP contribution is -2.26. The average molecular weight is 194 g/mol. The fraction of sp³-hybridized carbons (Fsp3) is 0.636. The van der Waals surface area contributed by atoms with E-state index in [2.05, 4.69) is 23.3 Å². The maximum Gasteiger partial charge on any atom is 0.0588 e. The molecule has 1 aromatic rings. The van der Waals surface area contributed by atoms with Crippen molar-refractivity contribution in [2.75, 3.05) is 13.2 Å². The SMILES string of the molecule is CC1OCCC1CNCc1cc[nH]c1. The summed E-state index contributed by atoms with van der Waals surface area (Å²) in [6.07, 6.45) is 5.61. The van der Waals surface area contributed by atoms with E-state index in [1.54, 1.807) is 0 Å². The molecule has 1 fully saturated rings. The van der Waals surface area contributed by atoms with Gasteiger partial charge in [0.05, 0.1) is 6.10 Å². The molecule has 0 bridgehead atoms. The molecule has 2 atom stereocenters. The summed E-state index contributed by atoms with van der Waals surface area (Å²) < 4.78 is 5.51. The summed E-state index contributed by atoms with van der Waals surface area (Å²) in [5, 5.41) is 3.46. The van der Waals surface area contributed by atoms with Crippen molar-refractivity contribution in [2.24, 2.45) is 5.92 Å². The van der Waals surface area contributed by atoms with Gasteiger partial charge in [0.2, 0.25) is 0 Å². The molecule has 0 aromatic carbocycles. The Morgan fingerprint density at radius 2 is 2.57 bits per heavy atom. The van der Waals surface area contributed by atoms with Crippen molar-refractivity contribution in [3.05, 3.63) is 24.0 Å². The molecular formula is C11H18N2O. The molecule has 1 aromatic heterocycles. The van der Waals surface area contributed by atoms with Crippen LogP contribution in [0.4, 0.5) is 0 Å². The quantitative estimate of drug-likeness (QED) is 0.762. The molecule has 14 heavy (non-hydrogen) atoms. The van der Waals surface area contributed by atoms with Crippen LogP contribution in [0.1, 0.15) is 18.9 Å². The molecule has 0 aliphatic carbocycles. The second kappa shape index (κ2) is 4.62. The Balaban J connectivity index is 1.68. The van der Waals surface area contributed by atoms with E-state index in [0.717, 1.165) is 19.7 Å². The van der Waals surface area contributed by atoms with E-state index in [1.165, 1.54) is 12.0 Å². The van der Waals surface area contributed by atoms with Crippen molar-refractivity contribution in [2.45, 2.75) is 26.0 Å². The summed E-state index contributed by atoms with van der Waals surface area (Å²) in [5.41, 5.74) is 1.32. The average Bonchev–Trinajstić information content (AvgIpc) is 2.78. The van der Waals surface area contributed by atoms with Gasteiger partial charge >= 0.3 is 0 Å². The molecule has 2 heterocycles. The number of rotatable bonds is 4. The van der Waals surface area contributed by atoms with Crippen LogP contribution in [-0.2, 0) is 11.3 Å². The first-order valence-corrected chi connectivity index (χ1v) is 5.30. The number of nitrogens with one attached hydrogen (secondary N) is 2. The molecule has 3 heteroatoms. The Morgan fingerprint density at radius 1 is 1.64 bits per heavy atom. The number of aromatic nitrogens is 1. The van der Waals surface area contributed by atoms with Crippen molar-refractivity contribution in [3.8, 4) is 0 Å². The van der Waals surface area contributed by atoms with E-state index in [4.69, 9.17) is 4.74 Å². The maximum absolute atomic E-state index is 5.51. The van der Waals surface area contributed by atoms with Crippen LogP contribution in [-0.4, -0.2) is 24.2 Å². The van der Waals surface area contributed by atoms with Gasteiger partial charge in [0.1, 0.15) is 0 Å². The Kier molecular flexibility index (Phi) is 3.22. The standard InChI is InChI=1S/C11H18N2O/c1-9-11(3-5-14-9)8-13-7-10-2-4-12-6-10/h2,4,6,9,11-13H,3,5,7-8H2,1H3. The third-order valence-electron chi connectivity index (χ3n) is 2.93. The van der Waals surface area contributed by atoms with E-state index in [0.29, 0.717) is 12.0 Å². The molecule has 2 rings (SSSR count). The molecule has 1 aliphatic rings. The van der Waals surface area contributed by atoms with Crippen LogP contribution in [0.15, 0.2) is 18.5 Å². The summed E-state index contributed by atoms with van der Waals surface area (Å²) in [6.45, 7) is 5.10. The van der Waals surface area contributed by atoms with Crippen molar-refractivity contribution < 1.29 is 4.74 Å². The lowest BCUT2D eigenvalue weighted by Gasteiger charge is -2.14. The van der Waals surface area contributed by atoms with E-state index in [1.807, 2.05) is 12.4 Å². The van der Waals surface area contributed by atoms with Crippen LogP contribution in [0, 0.1) is 5.92 Å². The largest absolute Gasteiger partial charge is 0.378 e. The predicted molar refractivity (Wildman–Crippen MR) is 56.0 cm³/mol. The van der Waals surface area contributed by atoms with Gasteiger partial charge in [-0.15, -0.1) is 0 Å². The number of ether oxygens (including phenoxy) is 1. The molecule has 0 spiro atoms. The van der Waals surface area contributed by atoms with Crippen molar-refractivity contribution in [1.82, 2.24) is 10.3 Å². The van der Waals surface area contributed by atoms with Gasteiger partial charge in [0, 0.05) is 32.1 Å². The maximum atomic E-state index is 5.51. The van der Waals surface area contributed by atoms with E-state index in [-0.39, 0.29) is 0 Å². The number of aromatic amines is 1. The van der Waals surface area contributed by atoms with Crippen LogP contribution in [0.3, 0.4) is 0 Å². The molecule has 0 radical (unpaired) electrons. The third kappa shape index (κ3) is 2.36. The summed E-state index contributed by atoms with van der Waals surface area (Å²) in [4.78, 5) is 3.05. The third-order valence-corrected chi connectivity index (χ3v) is 2.93. The van der Waals surface area contributed by atoms with Crippen LogP contribution in [0.2, 0.25) is 0 Å². The normalized spacial score (nSPS) is 26.9. The summed E-state index contributed by atoms with van der Waals surface area (Å²) >= 11 is 0. The lowest BCUT2D eigenvalue weighted by molar-refractivity contribution is 0.105.